The average molecular weight is 292 g/mol. The Hall–Kier alpha value is -1.78. The Morgan fingerprint density at radius 3 is 2.67 bits per heavy atom. The predicted octanol–water partition coefficient (Wildman–Crippen LogP) is 4.37. The normalized spacial score (nSPS) is 20.5. The van der Waals surface area contributed by atoms with E-state index in [1.165, 1.54) is 18.9 Å². The third-order valence-electron chi connectivity index (χ3n) is 4.12. The number of hydrogen-bond acceptors (Lipinski definition) is 4. The van der Waals surface area contributed by atoms with Crippen LogP contribution < -0.4 is 10.1 Å². The van der Waals surface area contributed by atoms with Gasteiger partial charge in [0.2, 0.25) is 0 Å². The van der Waals surface area contributed by atoms with E-state index in [1.807, 2.05) is 13.8 Å². The summed E-state index contributed by atoms with van der Waals surface area (Å²) in [6.07, 6.45) is 3.45. The monoisotopic (exact) mass is 292 g/mol. The Bertz CT molecular complexity index is 526. The van der Waals surface area contributed by atoms with E-state index in [0.29, 0.717) is 11.8 Å². The van der Waals surface area contributed by atoms with Crippen molar-refractivity contribution >= 4 is 11.4 Å². The summed E-state index contributed by atoms with van der Waals surface area (Å²) in [7, 11) is 0. The van der Waals surface area contributed by atoms with Crippen molar-refractivity contribution in [2.75, 3.05) is 5.32 Å². The molecular weight excluding hydrogens is 268 g/mol. The van der Waals surface area contributed by atoms with Crippen LogP contribution in [0, 0.1) is 15.5 Å². The van der Waals surface area contributed by atoms with E-state index in [1.54, 1.807) is 12.1 Å². The summed E-state index contributed by atoms with van der Waals surface area (Å²) >= 11 is 0. The maximum atomic E-state index is 11.1. The van der Waals surface area contributed by atoms with Gasteiger partial charge in [-0.15, -0.1) is 0 Å². The molecule has 0 radical (unpaired) electrons. The van der Waals surface area contributed by atoms with Crippen LogP contribution in [0.2, 0.25) is 0 Å². The Labute approximate surface area is 125 Å². The van der Waals surface area contributed by atoms with Crippen molar-refractivity contribution in [2.45, 2.75) is 59.1 Å². The van der Waals surface area contributed by atoms with Crippen LogP contribution in [0.15, 0.2) is 18.2 Å². The van der Waals surface area contributed by atoms with E-state index in [-0.39, 0.29) is 17.2 Å². The first kappa shape index (κ1) is 15.6. The molecule has 1 N–H and O–H groups in total. The average Bonchev–Trinajstić information content (AvgIpc) is 2.68. The van der Waals surface area contributed by atoms with Gasteiger partial charge in [0.05, 0.1) is 11.0 Å². The first-order chi connectivity index (χ1) is 9.79. The first-order valence-electron chi connectivity index (χ1n) is 7.51. The lowest BCUT2D eigenvalue weighted by atomic mass is 9.87. The van der Waals surface area contributed by atoms with Crippen LogP contribution in [0.1, 0.15) is 47.0 Å². The predicted molar refractivity (Wildman–Crippen MR) is 83.9 cm³/mol. The van der Waals surface area contributed by atoms with E-state index >= 15 is 0 Å². The molecular formula is C16H24N2O3. The van der Waals surface area contributed by atoms with Crippen molar-refractivity contribution in [1.82, 2.24) is 0 Å². The fraction of sp³-hybridized carbons (Fsp3) is 0.625. The van der Waals surface area contributed by atoms with Crippen molar-refractivity contribution in [1.29, 1.82) is 0 Å². The molecule has 0 saturated heterocycles. The molecule has 1 fully saturated rings. The molecule has 1 aromatic carbocycles. The van der Waals surface area contributed by atoms with Gasteiger partial charge in [-0.1, -0.05) is 20.3 Å². The molecule has 1 aromatic rings. The summed E-state index contributed by atoms with van der Waals surface area (Å²) in [6.45, 7) is 8.25. The van der Waals surface area contributed by atoms with Gasteiger partial charge in [0.15, 0.2) is 5.75 Å². The lowest BCUT2D eigenvalue weighted by Gasteiger charge is -2.28. The number of hydrogen-bond donors (Lipinski definition) is 1. The highest BCUT2D eigenvalue weighted by atomic mass is 16.6. The Kier molecular flexibility index (Phi) is 4.40. The molecule has 0 bridgehead atoms. The van der Waals surface area contributed by atoms with Crippen LogP contribution in [-0.4, -0.2) is 17.1 Å². The summed E-state index contributed by atoms with van der Waals surface area (Å²) in [5.41, 5.74) is 1.15. The molecule has 1 atom stereocenters. The Morgan fingerprint density at radius 1 is 1.43 bits per heavy atom. The number of ether oxygens (including phenoxy) is 1. The zero-order valence-corrected chi connectivity index (χ0v) is 13.2. The van der Waals surface area contributed by atoms with E-state index in [9.17, 15) is 10.1 Å². The molecule has 1 aliphatic carbocycles. The number of anilines is 1. The summed E-state index contributed by atoms with van der Waals surface area (Å²) < 4.78 is 5.58. The molecule has 21 heavy (non-hydrogen) atoms. The second-order valence-electron chi connectivity index (χ2n) is 6.68. The Morgan fingerprint density at radius 2 is 2.14 bits per heavy atom. The number of nitro groups is 1. The van der Waals surface area contributed by atoms with E-state index in [4.69, 9.17) is 4.74 Å². The molecule has 5 heteroatoms. The summed E-state index contributed by atoms with van der Waals surface area (Å²) in [5, 5.41) is 14.6. The lowest BCUT2D eigenvalue weighted by molar-refractivity contribution is -0.386. The molecule has 0 heterocycles. The highest BCUT2D eigenvalue weighted by Crippen LogP contribution is 2.40. The van der Waals surface area contributed by atoms with Crippen LogP contribution in [0.25, 0.3) is 0 Å². The molecule has 0 aliphatic heterocycles. The van der Waals surface area contributed by atoms with Gasteiger partial charge in [-0.2, -0.15) is 0 Å². The Balaban J connectivity index is 2.23. The largest absolute Gasteiger partial charge is 0.484 e. The maximum Gasteiger partial charge on any atom is 0.311 e. The van der Waals surface area contributed by atoms with Gasteiger partial charge in [-0.25, -0.2) is 0 Å². The van der Waals surface area contributed by atoms with Crippen LogP contribution in [-0.2, 0) is 0 Å². The summed E-state index contributed by atoms with van der Waals surface area (Å²) in [6, 6.07) is 5.42. The van der Waals surface area contributed by atoms with Crippen LogP contribution in [0.4, 0.5) is 11.4 Å². The summed E-state index contributed by atoms with van der Waals surface area (Å²) in [5.74, 6) is 0.329. The van der Waals surface area contributed by atoms with Crippen LogP contribution >= 0.6 is 0 Å². The van der Waals surface area contributed by atoms with Gasteiger partial charge in [0.25, 0.3) is 0 Å². The van der Waals surface area contributed by atoms with Gasteiger partial charge < -0.3 is 10.1 Å². The van der Waals surface area contributed by atoms with Crippen LogP contribution in [0.3, 0.4) is 0 Å². The highest BCUT2D eigenvalue weighted by Gasteiger charge is 2.34. The molecule has 116 valence electrons. The van der Waals surface area contributed by atoms with Gasteiger partial charge in [-0.3, -0.25) is 10.1 Å². The van der Waals surface area contributed by atoms with Crippen molar-refractivity contribution in [3.63, 3.8) is 0 Å². The minimum atomic E-state index is -0.402. The van der Waals surface area contributed by atoms with Gasteiger partial charge in [0.1, 0.15) is 0 Å². The number of benzene rings is 1. The van der Waals surface area contributed by atoms with Gasteiger partial charge >= 0.3 is 5.69 Å². The van der Waals surface area contributed by atoms with Crippen molar-refractivity contribution in [2.24, 2.45) is 5.41 Å². The molecule has 0 amide bonds. The maximum absolute atomic E-state index is 11.1. The number of rotatable bonds is 5. The molecule has 1 saturated carbocycles. The minimum absolute atomic E-state index is 0.0138. The van der Waals surface area contributed by atoms with Crippen molar-refractivity contribution < 1.29 is 9.66 Å². The fourth-order valence-electron chi connectivity index (χ4n) is 2.90. The number of nitro benzene ring substituents is 1. The van der Waals surface area contributed by atoms with Gasteiger partial charge in [0, 0.05) is 23.9 Å². The lowest BCUT2D eigenvalue weighted by Crippen LogP contribution is -2.30. The van der Waals surface area contributed by atoms with Crippen LogP contribution in [0.5, 0.6) is 5.75 Å². The topological polar surface area (TPSA) is 64.4 Å². The fourth-order valence-corrected chi connectivity index (χ4v) is 2.90. The standard InChI is InChI=1S/C16H24N2O3/c1-11(2)21-14-10-12(7-8-13(14)18(19)20)17-15-6-5-9-16(15,3)4/h7-8,10-11,15,17H,5-6,9H2,1-4H3. The molecule has 0 spiro atoms. The van der Waals surface area contributed by atoms with E-state index in [0.717, 1.165) is 12.1 Å². The molecule has 1 aliphatic rings. The van der Waals surface area contributed by atoms with E-state index < -0.39 is 4.92 Å². The van der Waals surface area contributed by atoms with Gasteiger partial charge in [-0.05, 0) is 38.2 Å². The molecule has 0 aromatic heterocycles. The third kappa shape index (κ3) is 3.65. The highest BCUT2D eigenvalue weighted by molar-refractivity contribution is 5.58. The SMILES string of the molecule is CC(C)Oc1cc(NC2CCCC2(C)C)ccc1[N+](=O)[O-]. The number of nitrogens with zero attached hydrogens (tertiary/aromatic N) is 1. The minimum Gasteiger partial charge on any atom is -0.484 e. The zero-order chi connectivity index (χ0) is 15.6. The zero-order valence-electron chi connectivity index (χ0n) is 13.2. The third-order valence-corrected chi connectivity index (χ3v) is 4.12. The van der Waals surface area contributed by atoms with E-state index in [2.05, 4.69) is 19.2 Å². The quantitative estimate of drug-likeness (QED) is 0.646. The smallest absolute Gasteiger partial charge is 0.311 e. The molecule has 1 unspecified atom stereocenters. The molecule has 2 rings (SSSR count). The van der Waals surface area contributed by atoms with Crippen molar-refractivity contribution in [3.05, 3.63) is 28.3 Å². The molecule has 5 nitrogen and oxygen atoms in total. The van der Waals surface area contributed by atoms with Crippen molar-refractivity contribution in [3.8, 4) is 5.75 Å². The first-order valence-corrected chi connectivity index (χ1v) is 7.51. The summed E-state index contributed by atoms with van der Waals surface area (Å²) in [4.78, 5) is 10.7. The second kappa shape index (κ2) is 5.92. The number of nitrogens with one attached hydrogen (secondary N) is 1. The second-order valence-corrected chi connectivity index (χ2v) is 6.68.